The van der Waals surface area contributed by atoms with Gasteiger partial charge in [-0.15, -0.1) is 0 Å². The Morgan fingerprint density at radius 3 is 1.49 bits per heavy atom. The molecule has 55 heavy (non-hydrogen) atoms. The van der Waals surface area contributed by atoms with Gasteiger partial charge in [0, 0.05) is 33.2 Å². The fraction of sp³-hybridized carbons (Fsp3) is 0. The molecule has 10 rings (SSSR count). The Bertz CT molecular complexity index is 4540. The first-order valence-electron chi connectivity index (χ1n) is 30.7. The molecule has 2 aromatic heterocycles. The Morgan fingerprint density at radius 2 is 0.800 bits per heavy atom. The number of rotatable bonds is 7. The molecule has 0 atom stereocenters. The first kappa shape index (κ1) is 14.1. The summed E-state index contributed by atoms with van der Waals surface area (Å²) in [5, 5.41) is -1.13. The van der Waals surface area contributed by atoms with Crippen LogP contribution in [0.3, 0.4) is 0 Å². The highest BCUT2D eigenvalue weighted by atomic mass is 15.0. The van der Waals surface area contributed by atoms with Gasteiger partial charge in [0.25, 0.3) is 0 Å². The second-order valence-electron chi connectivity index (χ2n) is 11.4. The maximum atomic E-state index is 9.46. The minimum absolute atomic E-state index is 0.217. The predicted molar refractivity (Wildman–Crippen MR) is 227 cm³/mol. The number of hydrogen-bond acceptors (Lipinski definition) is 3. The number of nitrogens with zero attached hydrogens (tertiary/aromatic N) is 4. The molecule has 0 amide bonds. The molecule has 0 aliphatic rings. The van der Waals surface area contributed by atoms with Gasteiger partial charge in [0.1, 0.15) is 0 Å². The van der Waals surface area contributed by atoms with E-state index >= 15 is 0 Å². The molecular formula is C51H34N4. The molecule has 0 bridgehead atoms. The lowest BCUT2D eigenvalue weighted by molar-refractivity contribution is 1.07. The van der Waals surface area contributed by atoms with Crippen LogP contribution in [0.15, 0.2) is 206 Å². The molecule has 0 N–H and O–H groups in total. The zero-order valence-electron chi connectivity index (χ0n) is 56.7. The molecule has 4 nitrogen and oxygen atoms in total. The second-order valence-corrected chi connectivity index (χ2v) is 11.4. The van der Waals surface area contributed by atoms with Crippen molar-refractivity contribution >= 4 is 21.8 Å². The molecule has 0 unspecified atom stereocenters. The molecule has 0 saturated heterocycles. The van der Waals surface area contributed by atoms with Crippen molar-refractivity contribution in [2.45, 2.75) is 0 Å². The molecule has 0 fully saturated rings. The normalized spacial score (nSPS) is 18.7. The van der Waals surface area contributed by atoms with Gasteiger partial charge >= 0.3 is 0 Å². The summed E-state index contributed by atoms with van der Waals surface area (Å²) in [6, 6.07) is -18.7. The SMILES string of the molecule is [2H]c1c([2H])c([2H])c(-c2c([2H])c([2H])c([2H])c(-c3nc(-c4ccccc4)nc(-c4c([2H])c([2H])c(-c5c([2H])c([2H])c(-n6c7c([2H])c([2H])c([2H])c([2H])c7c7c([2H])c(-c8c([2H])c([2H])c([2H])c([2H])c8[2H])c([2H])c([2H])c76)c([2H])c5[2H])c([2H])c4[2H])n3)c2[2H])c([2H])c1[2H]. The summed E-state index contributed by atoms with van der Waals surface area (Å²) in [5.41, 5.74) is -7.70. The lowest BCUT2D eigenvalue weighted by Crippen LogP contribution is -2.00. The fourth-order valence-corrected chi connectivity index (χ4v) is 5.60. The molecule has 0 radical (unpaired) electrons. The predicted octanol–water partition coefficient (Wildman–Crippen LogP) is 13.0. The lowest BCUT2D eigenvalue weighted by Gasteiger charge is -2.11. The molecule has 0 aliphatic heterocycles. The highest BCUT2D eigenvalue weighted by Gasteiger charge is 2.15. The van der Waals surface area contributed by atoms with Crippen LogP contribution in [0.2, 0.25) is 0 Å². The standard InChI is InChI=1S/C51H34N4/c1-4-13-35(14-5-1)41-19-12-20-43(33-41)51-53-49(39-17-8-3-9-18-39)52-50(54-51)40-25-23-37(24-26-40)38-27-30-44(31-28-38)55-47-22-11-10-21-45(47)46-34-42(29-32-48(46)55)36-15-6-2-7-16-36/h1-34H/i1D,2D,4D,5D,6D,7D,10D,11D,12D,13D,14D,15D,16D,19D,20D,21D,22D,23D,24D,25D,26D,27D,28D,29D,30D,31D,32D,33D,34D. The van der Waals surface area contributed by atoms with Crippen molar-refractivity contribution in [2.75, 3.05) is 0 Å². The van der Waals surface area contributed by atoms with Crippen molar-refractivity contribution < 1.29 is 39.8 Å². The molecule has 0 spiro atoms. The molecule has 0 saturated carbocycles. The quantitative estimate of drug-likeness (QED) is 0.164. The van der Waals surface area contributed by atoms with E-state index in [-0.39, 0.29) is 11.4 Å². The second kappa shape index (κ2) is 13.8. The lowest BCUT2D eigenvalue weighted by atomic mass is 10.0. The Morgan fingerprint density at radius 1 is 0.327 bits per heavy atom. The number of fused-ring (bicyclic) bond motifs is 3. The third-order valence-electron chi connectivity index (χ3n) is 8.11. The van der Waals surface area contributed by atoms with Gasteiger partial charge in [-0.25, -0.2) is 15.0 Å². The monoisotopic (exact) mass is 731 g/mol. The zero-order chi connectivity index (χ0) is 61.8. The summed E-state index contributed by atoms with van der Waals surface area (Å²) in [4.78, 5) is 13.3. The van der Waals surface area contributed by atoms with E-state index in [9.17, 15) is 15.1 Å². The van der Waals surface area contributed by atoms with Gasteiger partial charge in [-0.3, -0.25) is 0 Å². The molecular weight excluding hydrogens is 669 g/mol. The summed E-state index contributed by atoms with van der Waals surface area (Å²) in [6.45, 7) is 0. The third kappa shape index (κ3) is 6.16. The molecule has 8 aromatic carbocycles. The van der Waals surface area contributed by atoms with E-state index in [1.807, 2.05) is 0 Å². The third-order valence-corrected chi connectivity index (χ3v) is 8.11. The maximum absolute atomic E-state index is 9.46. The summed E-state index contributed by atoms with van der Waals surface area (Å²) < 4.78 is 259. The van der Waals surface area contributed by atoms with Crippen LogP contribution in [0.4, 0.5) is 0 Å². The smallest absolute Gasteiger partial charge is 0.164 e. The van der Waals surface area contributed by atoms with Crippen molar-refractivity contribution in [1.82, 2.24) is 19.5 Å². The van der Waals surface area contributed by atoms with Crippen LogP contribution in [0, 0.1) is 0 Å². The Balaban J connectivity index is 1.23. The Kier molecular flexibility index (Phi) is 3.55. The van der Waals surface area contributed by atoms with Crippen LogP contribution in [0.1, 0.15) is 39.8 Å². The average molecular weight is 732 g/mol. The van der Waals surface area contributed by atoms with Crippen LogP contribution >= 0.6 is 0 Å². The van der Waals surface area contributed by atoms with Gasteiger partial charge in [-0.1, -0.05) is 169 Å². The first-order valence-corrected chi connectivity index (χ1v) is 16.2. The van der Waals surface area contributed by atoms with Crippen molar-refractivity contribution in [3.63, 3.8) is 0 Å². The topological polar surface area (TPSA) is 43.6 Å². The number of benzene rings is 8. The van der Waals surface area contributed by atoms with Crippen molar-refractivity contribution in [2.24, 2.45) is 0 Å². The van der Waals surface area contributed by atoms with Gasteiger partial charge in [-0.05, 0) is 69.6 Å². The van der Waals surface area contributed by atoms with E-state index in [0.29, 0.717) is 4.57 Å². The fourth-order valence-electron chi connectivity index (χ4n) is 5.60. The van der Waals surface area contributed by atoms with E-state index in [1.54, 1.807) is 18.2 Å². The summed E-state index contributed by atoms with van der Waals surface area (Å²) in [5.74, 6) is -1.58. The van der Waals surface area contributed by atoms with Gasteiger partial charge in [-0.2, -0.15) is 0 Å². The van der Waals surface area contributed by atoms with E-state index < -0.39 is 259 Å². The van der Waals surface area contributed by atoms with Crippen molar-refractivity contribution in [3.05, 3.63) is 206 Å². The average Bonchev–Trinajstić information content (AvgIpc) is 1.59. The van der Waals surface area contributed by atoms with Gasteiger partial charge in [0.05, 0.1) is 50.8 Å². The van der Waals surface area contributed by atoms with E-state index in [2.05, 4.69) is 15.0 Å². The van der Waals surface area contributed by atoms with E-state index in [1.165, 1.54) is 12.1 Å². The Labute approximate surface area is 360 Å². The minimum atomic E-state index is -1.08. The molecule has 0 aliphatic carbocycles. The summed E-state index contributed by atoms with van der Waals surface area (Å²) in [6.07, 6.45) is 0. The summed E-state index contributed by atoms with van der Waals surface area (Å²) >= 11 is 0. The number of hydrogen-bond donors (Lipinski definition) is 0. The molecule has 10 aromatic rings. The molecule has 258 valence electrons. The van der Waals surface area contributed by atoms with Gasteiger partial charge < -0.3 is 4.57 Å². The van der Waals surface area contributed by atoms with Crippen molar-refractivity contribution in [1.29, 1.82) is 0 Å². The van der Waals surface area contributed by atoms with Gasteiger partial charge in [0.15, 0.2) is 17.5 Å². The number of aromatic nitrogens is 4. The van der Waals surface area contributed by atoms with Crippen LogP contribution in [0.25, 0.3) is 95.0 Å². The van der Waals surface area contributed by atoms with Gasteiger partial charge in [0.2, 0.25) is 0 Å². The number of para-hydroxylation sites is 1. The summed E-state index contributed by atoms with van der Waals surface area (Å²) in [7, 11) is 0. The molecule has 2 heterocycles. The Hall–Kier alpha value is -7.43. The zero-order valence-corrected chi connectivity index (χ0v) is 27.7. The maximum Gasteiger partial charge on any atom is 0.164 e. The highest BCUT2D eigenvalue weighted by molar-refractivity contribution is 6.10. The molecule has 4 heteroatoms. The first-order chi connectivity index (χ1) is 39.3. The van der Waals surface area contributed by atoms with E-state index in [4.69, 9.17) is 24.7 Å². The minimum Gasteiger partial charge on any atom is -0.309 e. The van der Waals surface area contributed by atoms with Crippen molar-refractivity contribution in [3.8, 4) is 73.2 Å². The van der Waals surface area contributed by atoms with Crippen LogP contribution < -0.4 is 0 Å². The van der Waals surface area contributed by atoms with Crippen LogP contribution in [-0.2, 0) is 0 Å². The highest BCUT2D eigenvalue weighted by Crippen LogP contribution is 2.36. The largest absolute Gasteiger partial charge is 0.309 e. The van der Waals surface area contributed by atoms with Crippen LogP contribution in [0.5, 0.6) is 0 Å². The van der Waals surface area contributed by atoms with Crippen LogP contribution in [-0.4, -0.2) is 19.5 Å². The van der Waals surface area contributed by atoms with E-state index in [0.717, 1.165) is 0 Å².